The fourth-order valence-electron chi connectivity index (χ4n) is 3.91. The van der Waals surface area contributed by atoms with Gasteiger partial charge in [-0.15, -0.1) is 0 Å². The number of nitrogens with zero attached hydrogens (tertiary/aromatic N) is 1. The smallest absolute Gasteiger partial charge is 0.269 e. The van der Waals surface area contributed by atoms with Crippen LogP contribution < -0.4 is 10.5 Å². The van der Waals surface area contributed by atoms with Crippen molar-refractivity contribution in [3.8, 4) is 0 Å². The van der Waals surface area contributed by atoms with E-state index < -0.39 is 14.9 Å². The van der Waals surface area contributed by atoms with E-state index in [4.69, 9.17) is 5.14 Å². The first-order valence-electron chi connectivity index (χ1n) is 8.19. The number of nitro benzene ring substituents is 1. The van der Waals surface area contributed by atoms with Crippen LogP contribution in [-0.4, -0.2) is 13.3 Å². The van der Waals surface area contributed by atoms with Gasteiger partial charge in [0.1, 0.15) is 0 Å². The van der Waals surface area contributed by atoms with Crippen LogP contribution in [0.3, 0.4) is 0 Å². The third-order valence-electron chi connectivity index (χ3n) is 5.10. The molecule has 0 spiro atoms. The number of rotatable bonds is 3. The Labute approximate surface area is 150 Å². The number of nitrogens with one attached hydrogen (secondary N) is 1. The van der Waals surface area contributed by atoms with Gasteiger partial charge >= 0.3 is 0 Å². The van der Waals surface area contributed by atoms with E-state index in [9.17, 15) is 18.5 Å². The number of sulfonamides is 1. The highest BCUT2D eigenvalue weighted by Gasteiger charge is 2.38. The van der Waals surface area contributed by atoms with Gasteiger partial charge in [0, 0.05) is 23.7 Å². The van der Waals surface area contributed by atoms with Crippen molar-refractivity contribution in [3.63, 3.8) is 0 Å². The molecule has 2 aromatic rings. The SMILES string of the molecule is NS(=O)(=O)c1ccc2c(c1)[C@@H]1C=CC[C@@H]1[C@@H](c1cccc([N+](=O)[O-])c1)N2. The number of benzene rings is 2. The van der Waals surface area contributed by atoms with Crippen molar-refractivity contribution >= 4 is 21.4 Å². The molecule has 0 unspecified atom stereocenters. The van der Waals surface area contributed by atoms with Crippen LogP contribution in [0.5, 0.6) is 0 Å². The first-order chi connectivity index (χ1) is 12.3. The second-order valence-electron chi connectivity index (χ2n) is 6.62. The van der Waals surface area contributed by atoms with Crippen LogP contribution in [0.25, 0.3) is 0 Å². The van der Waals surface area contributed by atoms with Gasteiger partial charge in [-0.1, -0.05) is 24.3 Å². The summed E-state index contributed by atoms with van der Waals surface area (Å²) in [4.78, 5) is 10.8. The fraction of sp³-hybridized carbons (Fsp3) is 0.222. The van der Waals surface area contributed by atoms with Gasteiger partial charge in [-0.3, -0.25) is 10.1 Å². The zero-order chi connectivity index (χ0) is 18.5. The van der Waals surface area contributed by atoms with E-state index in [0.29, 0.717) is 0 Å². The molecule has 2 aliphatic rings. The lowest BCUT2D eigenvalue weighted by Gasteiger charge is -2.37. The minimum absolute atomic E-state index is 0.0391. The van der Waals surface area contributed by atoms with E-state index in [1.165, 1.54) is 12.1 Å². The van der Waals surface area contributed by atoms with Crippen LogP contribution in [0.1, 0.15) is 29.5 Å². The maximum Gasteiger partial charge on any atom is 0.269 e. The van der Waals surface area contributed by atoms with Gasteiger partial charge in [0.2, 0.25) is 10.0 Å². The molecule has 1 heterocycles. The van der Waals surface area contributed by atoms with Crippen LogP contribution in [0.15, 0.2) is 59.5 Å². The minimum Gasteiger partial charge on any atom is -0.378 e. The summed E-state index contributed by atoms with van der Waals surface area (Å²) >= 11 is 0. The van der Waals surface area contributed by atoms with Crippen molar-refractivity contribution in [2.45, 2.75) is 23.3 Å². The van der Waals surface area contributed by atoms with Crippen LogP contribution in [-0.2, 0) is 10.0 Å². The highest BCUT2D eigenvalue weighted by molar-refractivity contribution is 7.89. The normalized spacial score (nSPS) is 23.8. The molecule has 4 rings (SSSR count). The second kappa shape index (κ2) is 5.93. The molecule has 1 aliphatic carbocycles. The van der Waals surface area contributed by atoms with Gasteiger partial charge in [0.25, 0.3) is 5.69 Å². The number of hydrogen-bond donors (Lipinski definition) is 2. The number of nitro groups is 1. The van der Waals surface area contributed by atoms with Crippen molar-refractivity contribution in [2.75, 3.05) is 5.32 Å². The Morgan fingerprint density at radius 1 is 1.19 bits per heavy atom. The van der Waals surface area contributed by atoms with Gasteiger partial charge in [-0.05, 0) is 41.7 Å². The van der Waals surface area contributed by atoms with Crippen molar-refractivity contribution in [1.29, 1.82) is 0 Å². The molecule has 0 radical (unpaired) electrons. The molecule has 26 heavy (non-hydrogen) atoms. The highest BCUT2D eigenvalue weighted by Crippen LogP contribution is 2.50. The molecule has 0 saturated heterocycles. The Morgan fingerprint density at radius 3 is 2.73 bits per heavy atom. The number of primary sulfonamides is 1. The monoisotopic (exact) mass is 371 g/mol. The van der Waals surface area contributed by atoms with E-state index in [0.717, 1.165) is 23.2 Å². The van der Waals surface area contributed by atoms with Gasteiger partial charge in [0.15, 0.2) is 0 Å². The molecule has 0 saturated carbocycles. The first kappa shape index (κ1) is 16.7. The molecule has 0 fully saturated rings. The molecule has 7 nitrogen and oxygen atoms in total. The summed E-state index contributed by atoms with van der Waals surface area (Å²) in [6.45, 7) is 0. The summed E-state index contributed by atoms with van der Waals surface area (Å²) in [5.74, 6) is 0.192. The Hall–Kier alpha value is -2.71. The van der Waals surface area contributed by atoms with Crippen LogP contribution in [0.2, 0.25) is 0 Å². The lowest BCUT2D eigenvalue weighted by molar-refractivity contribution is -0.384. The zero-order valence-corrected chi connectivity index (χ0v) is 14.5. The average molecular weight is 371 g/mol. The van der Waals surface area contributed by atoms with Gasteiger partial charge < -0.3 is 5.32 Å². The average Bonchev–Trinajstić information content (AvgIpc) is 3.10. The molecule has 0 amide bonds. The summed E-state index contributed by atoms with van der Waals surface area (Å²) in [6.07, 6.45) is 4.95. The predicted octanol–water partition coefficient (Wildman–Crippen LogP) is 3.07. The molecule has 8 heteroatoms. The van der Waals surface area contributed by atoms with E-state index in [1.807, 2.05) is 6.07 Å². The predicted molar refractivity (Wildman–Crippen MR) is 97.3 cm³/mol. The summed E-state index contributed by atoms with van der Waals surface area (Å²) < 4.78 is 23.3. The standard InChI is InChI=1S/C18H17N3O4S/c19-26(24,25)13-7-8-17-16(10-13)14-5-2-6-15(14)18(20-17)11-3-1-4-12(9-11)21(22)23/h1-5,7-10,14-15,18,20H,6H2,(H2,19,24,25)/t14-,15+,18-/m1/s1. The van der Waals surface area contributed by atoms with Crippen molar-refractivity contribution in [3.05, 3.63) is 75.9 Å². The largest absolute Gasteiger partial charge is 0.378 e. The number of nitrogens with two attached hydrogens (primary N) is 1. The summed E-state index contributed by atoms with van der Waals surface area (Å²) in [6, 6.07) is 11.3. The number of hydrogen-bond acceptors (Lipinski definition) is 5. The Bertz CT molecular complexity index is 1030. The molecule has 1 aliphatic heterocycles. The summed E-state index contributed by atoms with van der Waals surface area (Å²) in [7, 11) is -3.77. The number of anilines is 1. The quantitative estimate of drug-likeness (QED) is 0.489. The fourth-order valence-corrected chi connectivity index (χ4v) is 4.46. The second-order valence-corrected chi connectivity index (χ2v) is 8.18. The molecular weight excluding hydrogens is 354 g/mol. The Balaban J connectivity index is 1.78. The van der Waals surface area contributed by atoms with Gasteiger partial charge in [0.05, 0.1) is 15.9 Å². The molecular formula is C18H17N3O4S. The van der Waals surface area contributed by atoms with Gasteiger partial charge in [-0.25, -0.2) is 13.6 Å². The summed E-state index contributed by atoms with van der Waals surface area (Å²) in [5.41, 5.74) is 2.61. The van der Waals surface area contributed by atoms with Crippen molar-refractivity contribution < 1.29 is 13.3 Å². The molecule has 3 N–H and O–H groups in total. The highest BCUT2D eigenvalue weighted by atomic mass is 32.2. The first-order valence-corrected chi connectivity index (χ1v) is 9.73. The van der Waals surface area contributed by atoms with Crippen molar-refractivity contribution in [1.82, 2.24) is 0 Å². The molecule has 0 aromatic heterocycles. The van der Waals surface area contributed by atoms with E-state index in [2.05, 4.69) is 17.5 Å². The number of non-ortho nitro benzene ring substituents is 1. The molecule has 2 aromatic carbocycles. The van der Waals surface area contributed by atoms with Crippen LogP contribution in [0.4, 0.5) is 11.4 Å². The van der Waals surface area contributed by atoms with E-state index >= 15 is 0 Å². The summed E-state index contributed by atoms with van der Waals surface area (Å²) in [5, 5.41) is 19.8. The number of allylic oxidation sites excluding steroid dienone is 2. The minimum atomic E-state index is -3.77. The molecule has 3 atom stereocenters. The maximum absolute atomic E-state index is 11.7. The third-order valence-corrected chi connectivity index (χ3v) is 6.01. The van der Waals surface area contributed by atoms with E-state index in [-0.39, 0.29) is 28.5 Å². The van der Waals surface area contributed by atoms with Crippen LogP contribution in [0, 0.1) is 16.0 Å². The maximum atomic E-state index is 11.7. The Morgan fingerprint density at radius 2 is 2.00 bits per heavy atom. The third kappa shape index (κ3) is 2.77. The van der Waals surface area contributed by atoms with E-state index in [1.54, 1.807) is 24.3 Å². The van der Waals surface area contributed by atoms with Gasteiger partial charge in [-0.2, -0.15) is 0 Å². The lowest BCUT2D eigenvalue weighted by Crippen LogP contribution is -2.29. The van der Waals surface area contributed by atoms with Crippen molar-refractivity contribution in [2.24, 2.45) is 11.1 Å². The zero-order valence-electron chi connectivity index (χ0n) is 13.7. The van der Waals surface area contributed by atoms with Crippen LogP contribution >= 0.6 is 0 Å². The lowest BCUT2D eigenvalue weighted by atomic mass is 9.77. The molecule has 134 valence electrons. The molecule has 0 bridgehead atoms. The number of fused-ring (bicyclic) bond motifs is 3. The Kier molecular flexibility index (Phi) is 3.82. The topological polar surface area (TPSA) is 115 Å².